The lowest BCUT2D eigenvalue weighted by Gasteiger charge is -2.26. The maximum absolute atomic E-state index is 12.6. The topological polar surface area (TPSA) is 128 Å². The summed E-state index contributed by atoms with van der Waals surface area (Å²) in [5.41, 5.74) is 8.35. The van der Waals surface area contributed by atoms with Crippen LogP contribution in [0.4, 0.5) is 0 Å². The van der Waals surface area contributed by atoms with Gasteiger partial charge in [-0.3, -0.25) is 0 Å². The van der Waals surface area contributed by atoms with Gasteiger partial charge < -0.3 is 25.6 Å². The van der Waals surface area contributed by atoms with Gasteiger partial charge in [0.2, 0.25) is 0 Å². The number of ether oxygens (including phenoxy) is 2. The summed E-state index contributed by atoms with van der Waals surface area (Å²) >= 11 is 0. The third-order valence-electron chi connectivity index (χ3n) is 5.56. The molecule has 8 nitrogen and oxygen atoms in total. The molecule has 9 heteroatoms. The van der Waals surface area contributed by atoms with Gasteiger partial charge in [-0.05, 0) is 42.0 Å². The Kier molecular flexibility index (Phi) is 11.7. The van der Waals surface area contributed by atoms with E-state index in [0.717, 1.165) is 16.9 Å². The van der Waals surface area contributed by atoms with Gasteiger partial charge in [0.25, 0.3) is 0 Å². The number of hydrogen-bond donors (Lipinski definition) is 3. The van der Waals surface area contributed by atoms with E-state index in [0.29, 0.717) is 19.4 Å². The van der Waals surface area contributed by atoms with Crippen molar-refractivity contribution in [2.75, 3.05) is 25.2 Å². The molecule has 2 aromatic carbocycles. The highest BCUT2D eigenvalue weighted by Crippen LogP contribution is 2.13. The van der Waals surface area contributed by atoms with Gasteiger partial charge in [-0.25, -0.2) is 13.2 Å². The van der Waals surface area contributed by atoms with Crippen LogP contribution in [0, 0.1) is 5.92 Å². The van der Waals surface area contributed by atoms with Gasteiger partial charge in [0.1, 0.15) is 11.9 Å². The highest BCUT2D eigenvalue weighted by Gasteiger charge is 2.29. The van der Waals surface area contributed by atoms with Gasteiger partial charge in [-0.15, -0.1) is 0 Å². The molecule has 0 saturated carbocycles. The highest BCUT2D eigenvalue weighted by molar-refractivity contribution is 7.91. The third kappa shape index (κ3) is 10.8. The van der Waals surface area contributed by atoms with Crippen molar-refractivity contribution in [3.05, 3.63) is 65.7 Å². The zero-order valence-electron chi connectivity index (χ0n) is 20.7. The number of rotatable bonds is 15. The summed E-state index contributed by atoms with van der Waals surface area (Å²) in [4.78, 5) is 12.6. The molecule has 0 amide bonds. The molecule has 35 heavy (non-hydrogen) atoms. The van der Waals surface area contributed by atoms with Crippen molar-refractivity contribution < 1.29 is 27.8 Å². The molecule has 2 rings (SSSR count). The second kappa shape index (κ2) is 14.2. The van der Waals surface area contributed by atoms with Crippen LogP contribution in [-0.2, 0) is 32.3 Å². The van der Waals surface area contributed by atoms with Crippen molar-refractivity contribution in [2.24, 2.45) is 11.7 Å². The average molecular weight is 507 g/mol. The normalized spacial score (nSPS) is 14.3. The minimum atomic E-state index is -3.59. The van der Waals surface area contributed by atoms with Crippen LogP contribution >= 0.6 is 0 Å². The standard InChI is InChI=1S/C26H38N2O6S/c1-19(2)12-13-35(31,32)18-24(29)26(30)34-25(23(27)15-20-8-5-4-6-9-20)17-28-16-21-10-7-11-22(14-21)33-3/h4-11,14,19,23-25,28-29H,12-13,15-18,27H2,1-3H3/t23?,24-,25?/m1/s1. The van der Waals surface area contributed by atoms with Gasteiger partial charge in [-0.1, -0.05) is 56.3 Å². The number of methoxy groups -OCH3 is 1. The molecule has 0 aliphatic rings. The highest BCUT2D eigenvalue weighted by atomic mass is 32.2. The van der Waals surface area contributed by atoms with Crippen molar-refractivity contribution in [2.45, 2.75) is 51.5 Å². The van der Waals surface area contributed by atoms with E-state index in [-0.39, 0.29) is 18.2 Å². The fraction of sp³-hybridized carbons (Fsp3) is 0.500. The van der Waals surface area contributed by atoms with Crippen molar-refractivity contribution in [1.29, 1.82) is 0 Å². The molecule has 0 bridgehead atoms. The van der Waals surface area contributed by atoms with Crippen LogP contribution in [0.5, 0.6) is 5.75 Å². The summed E-state index contributed by atoms with van der Waals surface area (Å²) in [6.07, 6.45) is -1.64. The molecule has 0 saturated heterocycles. The molecule has 0 spiro atoms. The lowest BCUT2D eigenvalue weighted by Crippen LogP contribution is -2.47. The molecule has 2 aromatic rings. The van der Waals surface area contributed by atoms with Gasteiger partial charge in [0, 0.05) is 19.1 Å². The Morgan fingerprint density at radius 2 is 1.77 bits per heavy atom. The zero-order chi connectivity index (χ0) is 25.8. The number of nitrogens with one attached hydrogen (secondary N) is 1. The first-order valence-corrected chi connectivity index (χ1v) is 13.6. The molecule has 0 aliphatic heterocycles. The Morgan fingerprint density at radius 1 is 1.09 bits per heavy atom. The molecule has 3 atom stereocenters. The molecule has 4 N–H and O–H groups in total. The Morgan fingerprint density at radius 3 is 2.43 bits per heavy atom. The SMILES string of the molecule is COc1cccc(CNCC(OC(=O)[C@H](O)CS(=O)(=O)CCC(C)C)C(N)Cc2ccccc2)c1. The maximum Gasteiger partial charge on any atom is 0.336 e. The van der Waals surface area contributed by atoms with E-state index in [1.165, 1.54) is 0 Å². The van der Waals surface area contributed by atoms with Crippen LogP contribution in [-0.4, -0.2) is 62.9 Å². The lowest BCUT2D eigenvalue weighted by atomic mass is 10.0. The van der Waals surface area contributed by atoms with E-state index in [2.05, 4.69) is 5.32 Å². The monoisotopic (exact) mass is 506 g/mol. The molecular weight excluding hydrogens is 468 g/mol. The molecular formula is C26H38N2O6S. The quantitative estimate of drug-likeness (QED) is 0.313. The predicted molar refractivity (Wildman–Crippen MR) is 137 cm³/mol. The van der Waals surface area contributed by atoms with Crippen LogP contribution in [0.25, 0.3) is 0 Å². The van der Waals surface area contributed by atoms with E-state index in [4.69, 9.17) is 15.2 Å². The van der Waals surface area contributed by atoms with E-state index in [1.54, 1.807) is 7.11 Å². The largest absolute Gasteiger partial charge is 0.497 e. The smallest absolute Gasteiger partial charge is 0.336 e. The van der Waals surface area contributed by atoms with E-state index in [9.17, 15) is 18.3 Å². The number of aliphatic hydroxyl groups excluding tert-OH is 1. The number of carbonyl (C=O) groups excluding carboxylic acids is 1. The Hall–Kier alpha value is -2.46. The number of carbonyl (C=O) groups is 1. The van der Waals surface area contributed by atoms with Crippen molar-refractivity contribution in [3.8, 4) is 5.75 Å². The van der Waals surface area contributed by atoms with Gasteiger partial charge in [0.15, 0.2) is 15.9 Å². The number of aliphatic hydroxyl groups is 1. The van der Waals surface area contributed by atoms with Crippen LogP contribution in [0.2, 0.25) is 0 Å². The Bertz CT molecular complexity index is 1010. The van der Waals surface area contributed by atoms with Crippen LogP contribution in [0.15, 0.2) is 54.6 Å². The van der Waals surface area contributed by atoms with E-state index >= 15 is 0 Å². The number of esters is 1. The fourth-order valence-electron chi connectivity index (χ4n) is 3.47. The third-order valence-corrected chi connectivity index (χ3v) is 7.24. The van der Waals surface area contributed by atoms with Crippen LogP contribution in [0.3, 0.4) is 0 Å². The fourth-order valence-corrected chi connectivity index (χ4v) is 5.09. The first kappa shape index (κ1) is 28.8. The number of hydrogen-bond acceptors (Lipinski definition) is 8. The second-order valence-electron chi connectivity index (χ2n) is 9.12. The number of benzene rings is 2. The van der Waals surface area contributed by atoms with Crippen molar-refractivity contribution >= 4 is 15.8 Å². The summed E-state index contributed by atoms with van der Waals surface area (Å²) in [6, 6.07) is 16.5. The summed E-state index contributed by atoms with van der Waals surface area (Å²) in [5.74, 6) is -0.820. The first-order chi connectivity index (χ1) is 16.6. The summed E-state index contributed by atoms with van der Waals surface area (Å²) in [6.45, 7) is 4.54. The maximum atomic E-state index is 12.6. The summed E-state index contributed by atoms with van der Waals surface area (Å²) in [7, 11) is -2.00. The molecule has 0 aliphatic carbocycles. The minimum absolute atomic E-state index is 0.0892. The predicted octanol–water partition coefficient (Wildman–Crippen LogP) is 2.09. The minimum Gasteiger partial charge on any atom is -0.497 e. The molecule has 0 aromatic heterocycles. The molecule has 0 heterocycles. The van der Waals surface area contributed by atoms with E-state index < -0.39 is 39.8 Å². The molecule has 2 unspecified atom stereocenters. The number of nitrogens with two attached hydrogens (primary N) is 1. The summed E-state index contributed by atoms with van der Waals surface area (Å²) < 4.78 is 35.3. The van der Waals surface area contributed by atoms with Crippen LogP contribution in [0.1, 0.15) is 31.4 Å². The number of sulfone groups is 1. The Balaban J connectivity index is 2.03. The Labute approximate surface area is 208 Å². The summed E-state index contributed by atoms with van der Waals surface area (Å²) in [5, 5.41) is 13.5. The lowest BCUT2D eigenvalue weighted by molar-refractivity contribution is -0.158. The molecule has 0 radical (unpaired) electrons. The van der Waals surface area contributed by atoms with Gasteiger partial charge >= 0.3 is 5.97 Å². The average Bonchev–Trinajstić information content (AvgIpc) is 2.82. The second-order valence-corrected chi connectivity index (χ2v) is 11.4. The van der Waals surface area contributed by atoms with Crippen molar-refractivity contribution in [1.82, 2.24) is 5.32 Å². The first-order valence-electron chi connectivity index (χ1n) is 11.8. The zero-order valence-corrected chi connectivity index (χ0v) is 21.5. The molecule has 194 valence electrons. The van der Waals surface area contributed by atoms with Gasteiger partial charge in [-0.2, -0.15) is 0 Å². The van der Waals surface area contributed by atoms with Gasteiger partial charge in [0.05, 0.1) is 18.6 Å². The van der Waals surface area contributed by atoms with Crippen LogP contribution < -0.4 is 15.8 Å². The molecule has 0 fully saturated rings. The van der Waals surface area contributed by atoms with E-state index in [1.807, 2.05) is 68.4 Å². The van der Waals surface area contributed by atoms with Crippen molar-refractivity contribution in [3.63, 3.8) is 0 Å².